The Bertz CT molecular complexity index is 2640. The van der Waals surface area contributed by atoms with E-state index in [1.165, 1.54) is 0 Å². The second-order valence-electron chi connectivity index (χ2n) is 18.5. The molecule has 0 unspecified atom stereocenters. The van der Waals surface area contributed by atoms with Gasteiger partial charge in [0.05, 0.1) is 57.0 Å². The van der Waals surface area contributed by atoms with E-state index in [1.807, 2.05) is 138 Å². The van der Waals surface area contributed by atoms with Crippen LogP contribution in [0.2, 0.25) is 0 Å². The molecule has 0 saturated carbocycles. The number of nitrogens with zero attached hydrogens (tertiary/aromatic N) is 8. The normalized spacial score (nSPS) is 20.0. The first-order valence-electron chi connectivity index (χ1n) is 20.4. The number of aromatic nitrogens is 6. The molecule has 62 heavy (non-hydrogen) atoms. The fraction of sp³-hybridized carbons (Fsp3) is 0.409. The highest BCUT2D eigenvalue weighted by Gasteiger charge is 2.63. The molecule has 4 aromatic heterocycles. The minimum Gasteiger partial charge on any atom is -0.405 e. The lowest BCUT2D eigenvalue weighted by atomic mass is 9.49. The van der Waals surface area contributed by atoms with Crippen LogP contribution in [0.1, 0.15) is 94.5 Å². The largest absolute Gasteiger partial charge is 0.494 e. The Labute approximate surface area is 372 Å². The van der Waals surface area contributed by atoms with Crippen molar-refractivity contribution in [2.45, 2.75) is 117 Å². The summed E-state index contributed by atoms with van der Waals surface area (Å²) in [6.45, 7) is 24.3. The third-order valence-electron chi connectivity index (χ3n) is 12.6. The Morgan fingerprint density at radius 1 is 0.516 bits per heavy atom. The molecule has 6 aromatic rings. The van der Waals surface area contributed by atoms with Crippen LogP contribution in [0.25, 0.3) is 33.4 Å². The van der Waals surface area contributed by atoms with E-state index in [2.05, 4.69) is 42.2 Å². The molecule has 14 nitrogen and oxygen atoms in total. The Kier molecular flexibility index (Phi) is 11.9. The molecule has 0 radical (unpaired) electrons. The average Bonchev–Trinajstić information content (AvgIpc) is 3.98. The maximum Gasteiger partial charge on any atom is 0.494 e. The first-order chi connectivity index (χ1) is 29.0. The lowest BCUT2D eigenvalue weighted by molar-refractivity contribution is 0.00578. The van der Waals surface area contributed by atoms with Gasteiger partial charge >= 0.3 is 21.1 Å². The first-order valence-corrected chi connectivity index (χ1v) is 21.2. The van der Waals surface area contributed by atoms with Crippen LogP contribution in [0.5, 0.6) is 0 Å². The Hall–Kier alpha value is -4.91. The van der Waals surface area contributed by atoms with Crippen molar-refractivity contribution in [3.8, 4) is 23.8 Å². The molecule has 2 aromatic carbocycles. The van der Waals surface area contributed by atoms with E-state index in [4.69, 9.17) is 38.4 Å². The second-order valence-corrected chi connectivity index (χ2v) is 19.4. The quantitative estimate of drug-likeness (QED) is 0.157. The molecule has 7 heterocycles. The summed E-state index contributed by atoms with van der Waals surface area (Å²) in [7, 11) is -1.39. The van der Waals surface area contributed by atoms with Crippen molar-refractivity contribution in [3.05, 3.63) is 101 Å². The molecule has 0 bridgehead atoms. The van der Waals surface area contributed by atoms with Gasteiger partial charge in [-0.15, -0.1) is 0 Å². The van der Waals surface area contributed by atoms with Crippen LogP contribution >= 0.6 is 15.9 Å². The molecule has 0 atom stereocenters. The summed E-state index contributed by atoms with van der Waals surface area (Å²) in [6, 6.07) is 26.6. The average molecular weight is 899 g/mol. The predicted octanol–water partition coefficient (Wildman–Crippen LogP) is 7.90. The molecular weight excluding hydrogens is 849 g/mol. The summed E-state index contributed by atoms with van der Waals surface area (Å²) in [6.07, 6.45) is 3.56. The second kappa shape index (κ2) is 16.3. The van der Waals surface area contributed by atoms with Gasteiger partial charge in [-0.2, -0.15) is 20.7 Å². The lowest BCUT2D eigenvalue weighted by Crippen LogP contribution is -2.41. The van der Waals surface area contributed by atoms with Crippen molar-refractivity contribution in [1.29, 1.82) is 10.5 Å². The standard InChI is InChI=1S/C19H19BN4O2.C13H7BrN4.C12H24B2O4/c1-18(2)19(3,4)26-20(25-18)14-9-8-13-12-22-24(16(13)10-14)17-7-5-6-15(11-21)23-17;14-10-5-4-9-8-16-18(12(9)6-10)13-3-1-2-11(7-15)17-13;1-9(2)10(3,4)16-13(15-9)14-17-11(5,6)12(7,8)18-14/h5-10,12H,1-4H3;1-6,8H;1-8H3. The van der Waals surface area contributed by atoms with Gasteiger partial charge in [0.15, 0.2) is 11.6 Å². The highest BCUT2D eigenvalue weighted by molar-refractivity contribution is 9.10. The molecule has 18 heteroatoms. The summed E-state index contributed by atoms with van der Waals surface area (Å²) >= 11 is 3.44. The third kappa shape index (κ3) is 8.70. The fourth-order valence-corrected chi connectivity index (χ4v) is 7.07. The zero-order valence-corrected chi connectivity index (χ0v) is 38.8. The van der Waals surface area contributed by atoms with Crippen LogP contribution in [-0.2, 0) is 27.9 Å². The van der Waals surface area contributed by atoms with E-state index >= 15 is 0 Å². The minimum absolute atomic E-state index is 0.355. The zero-order chi connectivity index (χ0) is 45.0. The fourth-order valence-electron chi connectivity index (χ4n) is 6.72. The molecule has 0 N–H and O–H groups in total. The molecule has 3 aliphatic heterocycles. The van der Waals surface area contributed by atoms with Gasteiger partial charge in [-0.25, -0.2) is 19.3 Å². The summed E-state index contributed by atoms with van der Waals surface area (Å²) in [5.74, 6) is 1.24. The number of rotatable bonds is 4. The topological polar surface area (TPSA) is 164 Å². The van der Waals surface area contributed by atoms with Gasteiger partial charge in [-0.05, 0) is 131 Å². The minimum atomic E-state index is -0.476. The maximum atomic E-state index is 9.08. The summed E-state index contributed by atoms with van der Waals surface area (Å²) < 4.78 is 40.6. The van der Waals surface area contributed by atoms with Crippen molar-refractivity contribution < 1.29 is 27.9 Å². The molecule has 9 rings (SSSR count). The van der Waals surface area contributed by atoms with E-state index in [9.17, 15) is 0 Å². The van der Waals surface area contributed by atoms with Gasteiger partial charge in [0.2, 0.25) is 0 Å². The number of benzene rings is 2. The lowest BCUT2D eigenvalue weighted by Gasteiger charge is -2.32. The van der Waals surface area contributed by atoms with Crippen molar-refractivity contribution >= 4 is 64.3 Å². The van der Waals surface area contributed by atoms with Crippen LogP contribution in [0, 0.1) is 22.7 Å². The van der Waals surface area contributed by atoms with Crippen molar-refractivity contribution in [1.82, 2.24) is 29.5 Å². The monoisotopic (exact) mass is 898 g/mol. The van der Waals surface area contributed by atoms with Crippen LogP contribution in [-0.4, -0.2) is 84.3 Å². The zero-order valence-electron chi connectivity index (χ0n) is 37.2. The van der Waals surface area contributed by atoms with Gasteiger partial charge in [0.25, 0.3) is 0 Å². The van der Waals surface area contributed by atoms with Gasteiger partial charge in [-0.1, -0.05) is 46.3 Å². The number of fused-ring (bicyclic) bond motifs is 2. The van der Waals surface area contributed by atoms with Crippen LogP contribution in [0.3, 0.4) is 0 Å². The van der Waals surface area contributed by atoms with Gasteiger partial charge in [-0.3, -0.25) is 0 Å². The number of hydrogen-bond acceptors (Lipinski definition) is 12. The third-order valence-corrected chi connectivity index (χ3v) is 13.0. The highest BCUT2D eigenvalue weighted by Crippen LogP contribution is 2.43. The first kappa shape index (κ1) is 45.1. The van der Waals surface area contributed by atoms with Gasteiger partial charge in [0.1, 0.15) is 23.5 Å². The van der Waals surface area contributed by atoms with E-state index < -0.39 is 32.3 Å². The van der Waals surface area contributed by atoms with Crippen LogP contribution in [0.15, 0.2) is 89.7 Å². The van der Waals surface area contributed by atoms with Crippen molar-refractivity contribution in [2.24, 2.45) is 0 Å². The van der Waals surface area contributed by atoms with Gasteiger partial charge < -0.3 is 27.9 Å². The summed E-state index contributed by atoms with van der Waals surface area (Å²) in [4.78, 5) is 8.57. The van der Waals surface area contributed by atoms with Crippen molar-refractivity contribution in [3.63, 3.8) is 0 Å². The number of nitriles is 2. The van der Waals surface area contributed by atoms with E-state index in [1.54, 1.807) is 46.0 Å². The number of pyridine rings is 2. The smallest absolute Gasteiger partial charge is 0.405 e. The molecule has 3 aliphatic rings. The molecule has 3 fully saturated rings. The maximum absolute atomic E-state index is 9.08. The summed E-state index contributed by atoms with van der Waals surface area (Å²) in [5.41, 5.74) is 1.27. The number of hydrogen-bond donors (Lipinski definition) is 0. The Morgan fingerprint density at radius 2 is 0.903 bits per heavy atom. The van der Waals surface area contributed by atoms with E-state index in [0.717, 1.165) is 31.7 Å². The molecule has 0 aliphatic carbocycles. The predicted molar refractivity (Wildman–Crippen MR) is 243 cm³/mol. The van der Waals surface area contributed by atoms with Crippen LogP contribution in [0.4, 0.5) is 0 Å². The van der Waals surface area contributed by atoms with Gasteiger partial charge in [0, 0.05) is 15.2 Å². The number of halogens is 1. The molecule has 318 valence electrons. The molecule has 0 spiro atoms. The highest BCUT2D eigenvalue weighted by atomic mass is 79.9. The van der Waals surface area contributed by atoms with E-state index in [-0.39, 0.29) is 22.4 Å². The van der Waals surface area contributed by atoms with Crippen molar-refractivity contribution in [2.75, 3.05) is 0 Å². The molecule has 0 amide bonds. The Morgan fingerprint density at radius 3 is 1.32 bits per heavy atom. The van der Waals surface area contributed by atoms with Crippen LogP contribution < -0.4 is 5.46 Å². The SMILES string of the molecule is CC1(C)OB(B2OC(C)(C)C(C)(C)O2)OC1(C)C.CC1(C)OB(c2ccc3cnn(-c4cccc(C#N)n4)c3c2)OC1(C)C.N#Cc1cccc(-n2ncc3ccc(Br)cc32)n1. The Balaban J connectivity index is 0.000000144. The molecular formula is C44H50B3BrN8O6. The van der Waals surface area contributed by atoms with E-state index in [0.29, 0.717) is 23.0 Å². The summed E-state index contributed by atoms with van der Waals surface area (Å²) in [5, 5.41) is 28.7. The molecule has 3 saturated heterocycles.